The molecule has 0 bridgehead atoms. The van der Waals surface area contributed by atoms with Gasteiger partial charge in [-0.3, -0.25) is 19.4 Å². The van der Waals surface area contributed by atoms with Gasteiger partial charge < -0.3 is 25.0 Å². The maximum absolute atomic E-state index is 12.4. The number of esters is 1. The lowest BCUT2D eigenvalue weighted by Crippen LogP contribution is -2.50. The third-order valence-electron chi connectivity index (χ3n) is 4.23. The van der Waals surface area contributed by atoms with Crippen molar-refractivity contribution in [2.75, 3.05) is 13.2 Å². The summed E-state index contributed by atoms with van der Waals surface area (Å²) in [6.45, 7) is 0.337. The van der Waals surface area contributed by atoms with Gasteiger partial charge in [0.05, 0.1) is 31.5 Å². The van der Waals surface area contributed by atoms with Gasteiger partial charge in [0, 0.05) is 18.8 Å². The van der Waals surface area contributed by atoms with Crippen LogP contribution in [-0.2, 0) is 23.9 Å². The minimum absolute atomic E-state index is 0.183. The van der Waals surface area contributed by atoms with E-state index in [1.165, 1.54) is 6.92 Å². The molecule has 0 aromatic carbocycles. The number of ether oxygens (including phenoxy) is 2. The van der Waals surface area contributed by atoms with E-state index in [1.807, 2.05) is 0 Å². The Balaban J connectivity index is 2.24. The molecule has 1 saturated heterocycles. The Hall–Kier alpha value is -1.95. The number of carbonyl (C=O) groups is 3. The average molecular weight is 410 g/mol. The number of carboxylic acids is 2. The van der Waals surface area contributed by atoms with E-state index >= 15 is 0 Å². The van der Waals surface area contributed by atoms with Gasteiger partial charge in [-0.2, -0.15) is 0 Å². The SMILES string of the molecule is CC(=O)OC[C@@H]1O[C@@H]2SC(NCC(F)F)=N[C@@H]2[C@H](CC(=O)O)[C@@H]1CC(=O)O. The summed E-state index contributed by atoms with van der Waals surface area (Å²) >= 11 is 1.03. The first-order valence-corrected chi connectivity index (χ1v) is 9.04. The zero-order valence-corrected chi connectivity index (χ0v) is 15.2. The number of halogens is 2. The highest BCUT2D eigenvalue weighted by atomic mass is 32.2. The average Bonchev–Trinajstić information content (AvgIpc) is 2.95. The first-order chi connectivity index (χ1) is 12.7. The molecule has 0 spiro atoms. The van der Waals surface area contributed by atoms with Gasteiger partial charge in [-0.25, -0.2) is 8.78 Å². The van der Waals surface area contributed by atoms with Crippen molar-refractivity contribution >= 4 is 34.8 Å². The summed E-state index contributed by atoms with van der Waals surface area (Å²) < 4.78 is 35.5. The lowest BCUT2D eigenvalue weighted by Gasteiger charge is -2.42. The first-order valence-electron chi connectivity index (χ1n) is 8.16. The Morgan fingerprint density at radius 3 is 2.44 bits per heavy atom. The van der Waals surface area contributed by atoms with Crippen LogP contribution >= 0.6 is 11.8 Å². The summed E-state index contributed by atoms with van der Waals surface area (Å²) in [5, 5.41) is 21.1. The largest absolute Gasteiger partial charge is 0.481 e. The van der Waals surface area contributed by atoms with Crippen LogP contribution in [0, 0.1) is 11.8 Å². The smallest absolute Gasteiger partial charge is 0.303 e. The highest BCUT2D eigenvalue weighted by molar-refractivity contribution is 8.14. The Morgan fingerprint density at radius 2 is 1.89 bits per heavy atom. The topological polar surface area (TPSA) is 135 Å². The van der Waals surface area contributed by atoms with E-state index in [0.717, 1.165) is 11.8 Å². The predicted molar refractivity (Wildman–Crippen MR) is 89.6 cm³/mol. The number of thioether (sulfide) groups is 1. The molecule has 2 heterocycles. The van der Waals surface area contributed by atoms with Gasteiger partial charge in [0.1, 0.15) is 12.0 Å². The molecule has 1 fully saturated rings. The third kappa shape index (κ3) is 6.03. The fourth-order valence-electron chi connectivity index (χ4n) is 3.19. The summed E-state index contributed by atoms with van der Waals surface area (Å²) in [5.41, 5.74) is -0.680. The van der Waals surface area contributed by atoms with Crippen LogP contribution in [0.1, 0.15) is 19.8 Å². The first kappa shape index (κ1) is 21.4. The second-order valence-electron chi connectivity index (χ2n) is 6.18. The summed E-state index contributed by atoms with van der Waals surface area (Å²) in [6, 6.07) is -0.704. The molecule has 0 aromatic rings. The van der Waals surface area contributed by atoms with Crippen molar-refractivity contribution in [1.82, 2.24) is 5.32 Å². The minimum Gasteiger partial charge on any atom is -0.481 e. The molecule has 2 rings (SSSR count). The summed E-state index contributed by atoms with van der Waals surface area (Å²) in [7, 11) is 0. The van der Waals surface area contributed by atoms with Crippen LogP contribution in [0.25, 0.3) is 0 Å². The van der Waals surface area contributed by atoms with E-state index in [9.17, 15) is 33.4 Å². The molecule has 3 N–H and O–H groups in total. The van der Waals surface area contributed by atoms with Crippen molar-refractivity contribution in [1.29, 1.82) is 0 Å². The van der Waals surface area contributed by atoms with E-state index in [-0.39, 0.29) is 18.2 Å². The van der Waals surface area contributed by atoms with E-state index in [4.69, 9.17) is 9.47 Å². The van der Waals surface area contributed by atoms with E-state index in [1.54, 1.807) is 0 Å². The number of hydrogen-bond donors (Lipinski definition) is 3. The predicted octanol–water partition coefficient (Wildman–Crippen LogP) is 0.782. The Labute approximate surface area is 157 Å². The molecular weight excluding hydrogens is 390 g/mol. The quantitative estimate of drug-likeness (QED) is 0.496. The Kier molecular flexibility index (Phi) is 7.36. The van der Waals surface area contributed by atoms with Crippen LogP contribution < -0.4 is 5.32 Å². The standard InChI is InChI=1S/C15H20F2N2O7S/c1-6(20)25-5-9-7(2-11(21)22)8(3-12(23)24)13-14(26-9)27-15(19-13)18-4-10(16)17/h7-10,13-14H,2-5H2,1H3,(H,18,19)(H,21,22)(H,23,24)/t7-,8+,9-,13+,14+/m0/s1. The molecule has 12 heteroatoms. The molecular formula is C15H20F2N2O7S. The number of nitrogens with zero attached hydrogens (tertiary/aromatic N) is 1. The van der Waals surface area contributed by atoms with Crippen molar-refractivity contribution < 1.29 is 42.9 Å². The fraction of sp³-hybridized carbons (Fsp3) is 0.733. The number of amidine groups is 1. The van der Waals surface area contributed by atoms with E-state index in [2.05, 4.69) is 10.3 Å². The maximum Gasteiger partial charge on any atom is 0.303 e. The van der Waals surface area contributed by atoms with Crippen molar-refractivity contribution in [3.05, 3.63) is 0 Å². The van der Waals surface area contributed by atoms with Crippen molar-refractivity contribution in [3.8, 4) is 0 Å². The number of carbonyl (C=O) groups excluding carboxylic acids is 1. The van der Waals surface area contributed by atoms with Crippen LogP contribution in [0.4, 0.5) is 8.78 Å². The minimum atomic E-state index is -2.59. The lowest BCUT2D eigenvalue weighted by atomic mass is 9.76. The van der Waals surface area contributed by atoms with Crippen molar-refractivity contribution in [3.63, 3.8) is 0 Å². The van der Waals surface area contributed by atoms with Crippen LogP contribution in [0.5, 0.6) is 0 Å². The third-order valence-corrected chi connectivity index (χ3v) is 5.32. The number of nitrogens with one attached hydrogen (secondary N) is 1. The molecule has 5 atom stereocenters. The Bertz CT molecular complexity index is 619. The Morgan fingerprint density at radius 1 is 1.26 bits per heavy atom. The molecule has 152 valence electrons. The molecule has 0 aliphatic carbocycles. The monoisotopic (exact) mass is 410 g/mol. The van der Waals surface area contributed by atoms with Crippen LogP contribution in [0.3, 0.4) is 0 Å². The molecule has 0 amide bonds. The second-order valence-corrected chi connectivity index (χ2v) is 7.27. The molecule has 27 heavy (non-hydrogen) atoms. The lowest BCUT2D eigenvalue weighted by molar-refractivity contribution is -0.162. The fourth-order valence-corrected chi connectivity index (χ4v) is 4.36. The van der Waals surface area contributed by atoms with Gasteiger partial charge >= 0.3 is 17.9 Å². The zero-order chi connectivity index (χ0) is 20.1. The molecule has 9 nitrogen and oxygen atoms in total. The molecule has 0 radical (unpaired) electrons. The van der Waals surface area contributed by atoms with E-state index in [0.29, 0.717) is 0 Å². The number of carboxylic acid groups (broad SMARTS) is 2. The van der Waals surface area contributed by atoms with Gasteiger partial charge in [0.25, 0.3) is 6.43 Å². The highest BCUT2D eigenvalue weighted by Gasteiger charge is 2.50. The van der Waals surface area contributed by atoms with Crippen LogP contribution in [0.15, 0.2) is 4.99 Å². The molecule has 2 aliphatic rings. The van der Waals surface area contributed by atoms with Gasteiger partial charge in [-0.05, 0) is 0 Å². The second kappa shape index (κ2) is 9.31. The summed E-state index contributed by atoms with van der Waals surface area (Å²) in [4.78, 5) is 37.9. The number of aliphatic imine (C=N–C) groups is 1. The van der Waals surface area contributed by atoms with Gasteiger partial charge in [-0.1, -0.05) is 11.8 Å². The molecule has 0 saturated carbocycles. The maximum atomic E-state index is 12.4. The summed E-state index contributed by atoms with van der Waals surface area (Å²) in [6.07, 6.45) is -4.20. The summed E-state index contributed by atoms with van der Waals surface area (Å²) in [5.74, 6) is -4.36. The van der Waals surface area contributed by atoms with Crippen molar-refractivity contribution in [2.45, 2.75) is 43.8 Å². The number of hydrogen-bond acceptors (Lipinski definition) is 8. The van der Waals surface area contributed by atoms with Crippen molar-refractivity contribution in [2.24, 2.45) is 16.8 Å². The normalized spacial score (nSPS) is 29.8. The van der Waals surface area contributed by atoms with Gasteiger partial charge in [0.15, 0.2) is 5.17 Å². The van der Waals surface area contributed by atoms with Crippen LogP contribution in [-0.4, -0.2) is 70.4 Å². The number of rotatable bonds is 8. The molecule has 0 aromatic heterocycles. The molecule has 2 aliphatic heterocycles. The number of aliphatic carboxylic acids is 2. The van der Waals surface area contributed by atoms with Gasteiger partial charge in [-0.15, -0.1) is 0 Å². The highest BCUT2D eigenvalue weighted by Crippen LogP contribution is 2.44. The van der Waals surface area contributed by atoms with Crippen LogP contribution in [0.2, 0.25) is 0 Å². The zero-order valence-electron chi connectivity index (χ0n) is 14.3. The van der Waals surface area contributed by atoms with E-state index < -0.39 is 66.7 Å². The number of alkyl halides is 2. The molecule has 0 unspecified atom stereocenters. The number of fused-ring (bicyclic) bond motifs is 1. The van der Waals surface area contributed by atoms with Gasteiger partial charge in [0.2, 0.25) is 0 Å².